The van der Waals surface area contributed by atoms with Crippen LogP contribution in [0.25, 0.3) is 6.08 Å². The van der Waals surface area contributed by atoms with Gasteiger partial charge in [0.05, 0.1) is 16.2 Å². The molecule has 2 amide bonds. The van der Waals surface area contributed by atoms with Crippen LogP contribution >= 0.6 is 11.8 Å². The van der Waals surface area contributed by atoms with Gasteiger partial charge >= 0.3 is 6.18 Å². The smallest absolute Gasteiger partial charge is 0.352 e. The first kappa shape index (κ1) is 24.1. The number of carbonyl (C=O) groups is 2. The van der Waals surface area contributed by atoms with E-state index >= 15 is 0 Å². The molecule has 1 heterocycles. The Morgan fingerprint density at radius 3 is 2.59 bits per heavy atom. The fourth-order valence-electron chi connectivity index (χ4n) is 4.03. The molecular weight excluding hydrogens is 461 g/mol. The molecule has 8 heteroatoms. The number of amides is 2. The van der Waals surface area contributed by atoms with Crippen LogP contribution < -0.4 is 10.2 Å². The SMILES string of the molecule is CN1C(=O)C(=Cc2ccc(C(F)(F)F)cc2)Sc2ccc(C(=O)NCCC3=CCCCC3)cc21. The summed E-state index contributed by atoms with van der Waals surface area (Å²) in [5.41, 5.74) is 2.27. The van der Waals surface area contributed by atoms with Crippen LogP contribution in [0.2, 0.25) is 0 Å². The van der Waals surface area contributed by atoms with Crippen LogP contribution in [0.15, 0.2) is 63.9 Å². The maximum absolute atomic E-state index is 12.9. The Hall–Kier alpha value is -3.00. The van der Waals surface area contributed by atoms with Gasteiger partial charge in [0.15, 0.2) is 0 Å². The number of allylic oxidation sites excluding steroid dienone is 1. The van der Waals surface area contributed by atoms with E-state index in [0.717, 1.165) is 36.3 Å². The summed E-state index contributed by atoms with van der Waals surface area (Å²) >= 11 is 1.24. The molecule has 34 heavy (non-hydrogen) atoms. The number of carbonyl (C=O) groups excluding carboxylic acids is 2. The van der Waals surface area contributed by atoms with E-state index in [0.29, 0.717) is 28.3 Å². The minimum Gasteiger partial charge on any atom is -0.352 e. The molecule has 2 aliphatic rings. The van der Waals surface area contributed by atoms with E-state index in [1.54, 1.807) is 31.3 Å². The van der Waals surface area contributed by atoms with Crippen molar-refractivity contribution < 1.29 is 22.8 Å². The first-order valence-electron chi connectivity index (χ1n) is 11.2. The quantitative estimate of drug-likeness (QED) is 0.391. The van der Waals surface area contributed by atoms with E-state index in [1.165, 1.54) is 47.2 Å². The van der Waals surface area contributed by atoms with Gasteiger partial charge in [-0.05, 0) is 74.1 Å². The number of hydrogen-bond acceptors (Lipinski definition) is 3. The zero-order valence-corrected chi connectivity index (χ0v) is 19.6. The summed E-state index contributed by atoms with van der Waals surface area (Å²) in [6.45, 7) is 0.575. The van der Waals surface area contributed by atoms with Crippen molar-refractivity contribution in [1.29, 1.82) is 0 Å². The van der Waals surface area contributed by atoms with Gasteiger partial charge in [0.1, 0.15) is 0 Å². The highest BCUT2D eigenvalue weighted by molar-refractivity contribution is 8.04. The molecule has 4 rings (SSSR count). The van der Waals surface area contributed by atoms with Crippen molar-refractivity contribution in [2.24, 2.45) is 0 Å². The Morgan fingerprint density at radius 1 is 1.15 bits per heavy atom. The molecule has 1 aliphatic carbocycles. The summed E-state index contributed by atoms with van der Waals surface area (Å²) in [5.74, 6) is -0.463. The number of fused-ring (bicyclic) bond motifs is 1. The number of thioether (sulfide) groups is 1. The fourth-order valence-corrected chi connectivity index (χ4v) is 5.12. The number of halogens is 3. The van der Waals surface area contributed by atoms with Gasteiger partial charge < -0.3 is 10.2 Å². The van der Waals surface area contributed by atoms with Gasteiger partial charge in [0.2, 0.25) is 0 Å². The first-order chi connectivity index (χ1) is 16.2. The summed E-state index contributed by atoms with van der Waals surface area (Å²) < 4.78 is 38.4. The van der Waals surface area contributed by atoms with Crippen molar-refractivity contribution in [3.63, 3.8) is 0 Å². The highest BCUT2D eigenvalue weighted by Gasteiger charge is 2.30. The Labute approximate surface area is 200 Å². The predicted molar refractivity (Wildman–Crippen MR) is 129 cm³/mol. The lowest BCUT2D eigenvalue weighted by Crippen LogP contribution is -2.31. The molecule has 1 aliphatic heterocycles. The van der Waals surface area contributed by atoms with Crippen LogP contribution in [-0.4, -0.2) is 25.4 Å². The van der Waals surface area contributed by atoms with Crippen LogP contribution in [-0.2, 0) is 11.0 Å². The predicted octanol–water partition coefficient (Wildman–Crippen LogP) is 6.44. The second-order valence-corrected chi connectivity index (χ2v) is 9.47. The van der Waals surface area contributed by atoms with Crippen molar-refractivity contribution in [2.75, 3.05) is 18.5 Å². The Kier molecular flexibility index (Phi) is 7.16. The van der Waals surface area contributed by atoms with Gasteiger partial charge in [0.25, 0.3) is 11.8 Å². The molecule has 2 aromatic rings. The number of alkyl halides is 3. The van der Waals surface area contributed by atoms with E-state index in [1.807, 2.05) is 0 Å². The van der Waals surface area contributed by atoms with Crippen molar-refractivity contribution >= 4 is 35.3 Å². The first-order valence-corrected chi connectivity index (χ1v) is 12.0. The molecule has 4 nitrogen and oxygen atoms in total. The van der Waals surface area contributed by atoms with Crippen LogP contribution in [0.5, 0.6) is 0 Å². The Balaban J connectivity index is 1.45. The third kappa shape index (κ3) is 5.55. The molecule has 0 unspecified atom stereocenters. The fraction of sp³-hybridized carbons (Fsp3) is 0.308. The van der Waals surface area contributed by atoms with Crippen LogP contribution in [0, 0.1) is 0 Å². The van der Waals surface area contributed by atoms with Gasteiger partial charge in [-0.15, -0.1) is 0 Å². The van der Waals surface area contributed by atoms with Crippen LogP contribution in [0.1, 0.15) is 53.6 Å². The molecular formula is C26H25F3N2O2S. The molecule has 0 spiro atoms. The van der Waals surface area contributed by atoms with Gasteiger partial charge in [-0.3, -0.25) is 9.59 Å². The lowest BCUT2D eigenvalue weighted by Gasteiger charge is -2.27. The Bertz CT molecular complexity index is 1150. The topological polar surface area (TPSA) is 49.4 Å². The second-order valence-electron chi connectivity index (χ2n) is 8.39. The summed E-state index contributed by atoms with van der Waals surface area (Å²) in [4.78, 5) is 28.2. The number of likely N-dealkylation sites (N-methyl/N-ethyl adjacent to an activating group) is 1. The zero-order valence-electron chi connectivity index (χ0n) is 18.7. The summed E-state index contributed by atoms with van der Waals surface area (Å²) in [6.07, 6.45) is 4.94. The molecule has 0 aromatic heterocycles. The highest BCUT2D eigenvalue weighted by atomic mass is 32.2. The number of rotatable bonds is 5. The second kappa shape index (κ2) is 10.1. The van der Waals surface area contributed by atoms with Gasteiger partial charge in [0, 0.05) is 24.1 Å². The largest absolute Gasteiger partial charge is 0.416 e. The van der Waals surface area contributed by atoms with E-state index < -0.39 is 11.7 Å². The van der Waals surface area contributed by atoms with Gasteiger partial charge in [-0.1, -0.05) is 35.5 Å². The van der Waals surface area contributed by atoms with Gasteiger partial charge in [-0.25, -0.2) is 0 Å². The van der Waals surface area contributed by atoms with Gasteiger partial charge in [-0.2, -0.15) is 13.2 Å². The van der Waals surface area contributed by atoms with E-state index in [9.17, 15) is 22.8 Å². The third-order valence-electron chi connectivity index (χ3n) is 5.97. The van der Waals surface area contributed by atoms with Crippen LogP contribution in [0.3, 0.4) is 0 Å². The van der Waals surface area contributed by atoms with Crippen LogP contribution in [0.4, 0.5) is 18.9 Å². The lowest BCUT2D eigenvalue weighted by atomic mass is 9.97. The standard InChI is InChI=1S/C26H25F3N2O2S/c1-31-21-16-19(24(32)30-14-13-17-5-3-2-4-6-17)9-12-22(21)34-23(25(31)33)15-18-7-10-20(11-8-18)26(27,28)29/h5,7-12,15-16H,2-4,6,13-14H2,1H3,(H,30,32). The maximum atomic E-state index is 12.9. The lowest BCUT2D eigenvalue weighted by molar-refractivity contribution is -0.137. The normalized spacial score (nSPS) is 17.4. The maximum Gasteiger partial charge on any atom is 0.416 e. The summed E-state index contributed by atoms with van der Waals surface area (Å²) in [7, 11) is 1.62. The van der Waals surface area contributed by atoms with E-state index in [-0.39, 0.29) is 11.8 Å². The van der Waals surface area contributed by atoms with Crippen molar-refractivity contribution in [2.45, 2.75) is 43.2 Å². The van der Waals surface area contributed by atoms with Crippen molar-refractivity contribution in [1.82, 2.24) is 5.32 Å². The molecule has 0 radical (unpaired) electrons. The zero-order chi connectivity index (χ0) is 24.3. The molecule has 0 saturated heterocycles. The number of nitrogens with one attached hydrogen (secondary N) is 1. The van der Waals surface area contributed by atoms with Crippen molar-refractivity contribution in [3.05, 3.63) is 75.7 Å². The molecule has 0 bridgehead atoms. The number of nitrogens with zero attached hydrogens (tertiary/aromatic N) is 1. The molecule has 0 fully saturated rings. The molecule has 1 N–H and O–H groups in total. The minimum atomic E-state index is -4.41. The summed E-state index contributed by atoms with van der Waals surface area (Å²) in [6, 6.07) is 9.90. The molecule has 0 atom stereocenters. The average Bonchev–Trinajstić information content (AvgIpc) is 2.82. The average molecular weight is 487 g/mol. The molecule has 178 valence electrons. The van der Waals surface area contributed by atoms with E-state index in [2.05, 4.69) is 11.4 Å². The minimum absolute atomic E-state index is 0.184. The summed E-state index contributed by atoms with van der Waals surface area (Å²) in [5, 5.41) is 2.95. The Morgan fingerprint density at radius 2 is 1.91 bits per heavy atom. The number of anilines is 1. The third-order valence-corrected chi connectivity index (χ3v) is 7.05. The number of hydrogen-bond donors (Lipinski definition) is 1. The van der Waals surface area contributed by atoms with E-state index in [4.69, 9.17) is 0 Å². The van der Waals surface area contributed by atoms with Crippen molar-refractivity contribution in [3.8, 4) is 0 Å². The monoisotopic (exact) mass is 486 g/mol. The molecule has 0 saturated carbocycles. The highest BCUT2D eigenvalue weighted by Crippen LogP contribution is 2.42. The number of benzene rings is 2. The molecule has 2 aromatic carbocycles.